The monoisotopic (exact) mass is 421 g/mol. The van der Waals surface area contributed by atoms with Crippen LogP contribution < -0.4 is 15.8 Å². The summed E-state index contributed by atoms with van der Waals surface area (Å²) in [6.07, 6.45) is 1.31. The van der Waals surface area contributed by atoms with Crippen molar-refractivity contribution in [1.29, 1.82) is 0 Å². The first-order valence-electron chi connectivity index (χ1n) is 8.90. The summed E-state index contributed by atoms with van der Waals surface area (Å²) in [7, 11) is 0. The number of amides is 1. The number of halogens is 2. The first-order valence-corrected chi connectivity index (χ1v) is 8.90. The Morgan fingerprint density at radius 1 is 1.30 bits per heavy atom. The number of primary amides is 1. The Morgan fingerprint density at radius 3 is 2.70 bits per heavy atom. The number of fused-ring (bicyclic) bond motifs is 1. The largest absolute Gasteiger partial charge is 0.488 e. The van der Waals surface area contributed by atoms with Crippen molar-refractivity contribution >= 4 is 28.3 Å². The first kappa shape index (κ1) is 20.9. The van der Waals surface area contributed by atoms with Gasteiger partial charge in [-0.3, -0.25) is 14.9 Å². The van der Waals surface area contributed by atoms with Crippen molar-refractivity contribution in [3.63, 3.8) is 0 Å². The van der Waals surface area contributed by atoms with E-state index in [4.69, 9.17) is 10.5 Å². The molecule has 0 aliphatic rings. The van der Waals surface area contributed by atoms with Gasteiger partial charge in [0.25, 0.3) is 5.91 Å². The lowest BCUT2D eigenvalue weighted by Gasteiger charge is -2.20. The minimum atomic E-state index is -1.24. The van der Waals surface area contributed by atoms with Crippen molar-refractivity contribution in [1.82, 2.24) is 10.3 Å². The number of ether oxygens (including phenoxy) is 1. The first-order chi connectivity index (χ1) is 14.3. The van der Waals surface area contributed by atoms with Gasteiger partial charge < -0.3 is 15.8 Å². The Labute approximate surface area is 168 Å². The molecule has 0 saturated heterocycles. The number of nitrogens with zero attached hydrogens (tertiary/aromatic N) is 3. The summed E-state index contributed by atoms with van der Waals surface area (Å²) < 4.78 is 38.0. The van der Waals surface area contributed by atoms with E-state index >= 15 is 0 Å². The molecule has 0 fully saturated rings. The summed E-state index contributed by atoms with van der Waals surface area (Å²) in [5.74, 6) is -3.84. The van der Waals surface area contributed by atoms with Crippen molar-refractivity contribution in [2.45, 2.75) is 25.8 Å². The Kier molecular flexibility index (Phi) is 6.04. The van der Waals surface area contributed by atoms with Crippen molar-refractivity contribution in [3.05, 3.63) is 51.6 Å². The van der Waals surface area contributed by atoms with E-state index in [9.17, 15) is 23.7 Å². The normalized spacial score (nSPS) is 12.0. The summed E-state index contributed by atoms with van der Waals surface area (Å²) in [6.45, 7) is 1.86. The van der Waals surface area contributed by atoms with Crippen LogP contribution in [0.2, 0.25) is 0 Å². The molecule has 1 aromatic heterocycles. The number of nitrogens with one attached hydrogen (secondary N) is 1. The van der Waals surface area contributed by atoms with Crippen LogP contribution in [0, 0.1) is 21.7 Å². The van der Waals surface area contributed by atoms with E-state index in [1.165, 1.54) is 12.1 Å². The molecule has 10 nitrogen and oxygen atoms in total. The highest BCUT2D eigenvalue weighted by Gasteiger charge is 2.23. The lowest BCUT2D eigenvalue weighted by Crippen LogP contribution is -2.27. The predicted molar refractivity (Wildman–Crippen MR) is 101 cm³/mol. The van der Waals surface area contributed by atoms with E-state index < -0.39 is 28.0 Å². The summed E-state index contributed by atoms with van der Waals surface area (Å²) >= 11 is 0. The zero-order valence-corrected chi connectivity index (χ0v) is 15.7. The van der Waals surface area contributed by atoms with Crippen molar-refractivity contribution in [2.24, 2.45) is 5.73 Å². The number of nitrogens with two attached hydrogens (primary N) is 1. The number of non-ortho nitro benzene ring substituents is 1. The lowest BCUT2D eigenvalue weighted by molar-refractivity contribution is -0.383. The van der Waals surface area contributed by atoms with Gasteiger partial charge in [-0.15, -0.1) is 0 Å². The third-order valence-electron chi connectivity index (χ3n) is 4.33. The van der Waals surface area contributed by atoms with Gasteiger partial charge in [0.05, 0.1) is 16.7 Å². The van der Waals surface area contributed by atoms with Crippen molar-refractivity contribution in [2.75, 3.05) is 11.9 Å². The molecule has 1 heterocycles. The van der Waals surface area contributed by atoms with Crippen LogP contribution in [-0.4, -0.2) is 33.8 Å². The molecule has 158 valence electrons. The third kappa shape index (κ3) is 4.11. The molecule has 1 atom stereocenters. The molecule has 0 bridgehead atoms. The molecule has 3 rings (SSSR count). The van der Waals surface area contributed by atoms with E-state index in [1.807, 2.05) is 6.92 Å². The van der Waals surface area contributed by atoms with Crippen LogP contribution in [0.25, 0.3) is 11.0 Å². The zero-order chi connectivity index (χ0) is 21.8. The highest BCUT2D eigenvalue weighted by atomic mass is 19.1. The van der Waals surface area contributed by atoms with Crippen LogP contribution in [0.1, 0.15) is 30.1 Å². The number of carbonyl (C=O) groups excluding carboxylic acids is 1. The van der Waals surface area contributed by atoms with E-state index in [0.29, 0.717) is 12.1 Å². The summed E-state index contributed by atoms with van der Waals surface area (Å²) in [4.78, 5) is 21.8. The SMILES string of the molecule is CCC[C@@H](COc1ccc(F)c(C(N)=O)c1F)Nc1ccc([N+](=O)[O-])c2nonc12. The molecular weight excluding hydrogens is 404 g/mol. The number of benzene rings is 2. The summed E-state index contributed by atoms with van der Waals surface area (Å²) in [5.41, 5.74) is 4.43. The average molecular weight is 421 g/mol. The molecular formula is C18H17F2N5O5. The number of anilines is 1. The second-order valence-electron chi connectivity index (χ2n) is 6.39. The standard InChI is InChI=1S/C18H17F2N5O5/c1-2-3-9(8-29-13-7-4-10(19)14(15(13)20)18(21)26)22-11-5-6-12(25(27)28)17-16(11)23-30-24-17/h4-7,9,22H,2-3,8H2,1H3,(H2,21,26)/t9-/m0/s1. The molecule has 0 aliphatic carbocycles. The Bertz CT molecular complexity index is 1100. The number of hydrogen-bond donors (Lipinski definition) is 2. The fraction of sp³-hybridized carbons (Fsp3) is 0.278. The topological polar surface area (TPSA) is 146 Å². The van der Waals surface area contributed by atoms with Crippen LogP contribution in [0.4, 0.5) is 20.2 Å². The van der Waals surface area contributed by atoms with Gasteiger partial charge in [-0.05, 0) is 34.9 Å². The number of carbonyl (C=O) groups is 1. The molecule has 0 unspecified atom stereocenters. The Balaban J connectivity index is 1.82. The van der Waals surface area contributed by atoms with Crippen molar-refractivity contribution < 1.29 is 27.9 Å². The van der Waals surface area contributed by atoms with E-state index in [0.717, 1.165) is 18.6 Å². The van der Waals surface area contributed by atoms with Gasteiger partial charge in [-0.25, -0.2) is 13.4 Å². The summed E-state index contributed by atoms with van der Waals surface area (Å²) in [5, 5.41) is 21.5. The van der Waals surface area contributed by atoms with Gasteiger partial charge in [-0.1, -0.05) is 13.3 Å². The fourth-order valence-electron chi connectivity index (χ4n) is 2.94. The molecule has 0 aliphatic heterocycles. The van der Waals surface area contributed by atoms with Crippen LogP contribution in [0.5, 0.6) is 5.75 Å². The lowest BCUT2D eigenvalue weighted by atomic mass is 10.1. The number of nitro benzene ring substituents is 1. The van der Waals surface area contributed by atoms with Gasteiger partial charge in [0, 0.05) is 6.07 Å². The number of hydrogen-bond acceptors (Lipinski definition) is 8. The maximum absolute atomic E-state index is 14.4. The number of nitro groups is 1. The van der Waals surface area contributed by atoms with Crippen LogP contribution in [-0.2, 0) is 0 Å². The van der Waals surface area contributed by atoms with Gasteiger partial charge in [0.2, 0.25) is 5.52 Å². The highest BCUT2D eigenvalue weighted by Crippen LogP contribution is 2.30. The minimum absolute atomic E-state index is 0.0168. The molecule has 12 heteroatoms. The minimum Gasteiger partial charge on any atom is -0.488 e. The van der Waals surface area contributed by atoms with Crippen LogP contribution in [0.15, 0.2) is 28.9 Å². The van der Waals surface area contributed by atoms with Crippen LogP contribution in [0.3, 0.4) is 0 Å². The van der Waals surface area contributed by atoms with E-state index in [1.54, 1.807) is 0 Å². The molecule has 0 saturated carbocycles. The van der Waals surface area contributed by atoms with Gasteiger partial charge in [-0.2, -0.15) is 0 Å². The van der Waals surface area contributed by atoms with Gasteiger partial charge in [0.15, 0.2) is 17.1 Å². The van der Waals surface area contributed by atoms with E-state index in [2.05, 4.69) is 20.3 Å². The third-order valence-corrected chi connectivity index (χ3v) is 4.33. The predicted octanol–water partition coefficient (Wildman–Crippen LogP) is 3.17. The number of aromatic nitrogens is 2. The van der Waals surface area contributed by atoms with Gasteiger partial charge in [0.1, 0.15) is 18.0 Å². The maximum atomic E-state index is 14.4. The molecule has 30 heavy (non-hydrogen) atoms. The summed E-state index contributed by atoms with van der Waals surface area (Å²) in [6, 6.07) is 4.29. The van der Waals surface area contributed by atoms with Crippen molar-refractivity contribution in [3.8, 4) is 5.75 Å². The Morgan fingerprint density at radius 2 is 2.03 bits per heavy atom. The molecule has 3 N–H and O–H groups in total. The average Bonchev–Trinajstić information content (AvgIpc) is 3.17. The molecule has 1 amide bonds. The Hall–Kier alpha value is -3.83. The molecule has 0 spiro atoms. The zero-order valence-electron chi connectivity index (χ0n) is 15.7. The van der Waals surface area contributed by atoms with E-state index in [-0.39, 0.29) is 35.1 Å². The second kappa shape index (κ2) is 8.68. The molecule has 2 aromatic carbocycles. The number of rotatable bonds is 9. The second-order valence-corrected chi connectivity index (χ2v) is 6.39. The smallest absolute Gasteiger partial charge is 0.300 e. The fourth-order valence-corrected chi connectivity index (χ4v) is 2.94. The van der Waals surface area contributed by atoms with Gasteiger partial charge >= 0.3 is 5.69 Å². The quantitative estimate of drug-likeness (QED) is 0.396. The molecule has 0 radical (unpaired) electrons. The molecule has 3 aromatic rings. The van der Waals surface area contributed by atoms with Crippen LogP contribution >= 0.6 is 0 Å². The maximum Gasteiger partial charge on any atom is 0.300 e. The highest BCUT2D eigenvalue weighted by molar-refractivity contribution is 5.94.